The number of carboxylic acid groups (broad SMARTS) is 1. The molecule has 36 heavy (non-hydrogen) atoms. The van der Waals surface area contributed by atoms with Crippen molar-refractivity contribution >= 4 is 34.7 Å². The van der Waals surface area contributed by atoms with Crippen LogP contribution in [0.4, 0.5) is 0 Å². The van der Waals surface area contributed by atoms with E-state index in [1.54, 1.807) is 42.5 Å². The number of carbonyl (C=O) groups is 4. The monoisotopic (exact) mass is 495 g/mol. The second-order valence-corrected chi connectivity index (χ2v) is 8.33. The van der Waals surface area contributed by atoms with E-state index in [-0.39, 0.29) is 30.3 Å². The number of aliphatic carboxylic acids is 1. The Balaban J connectivity index is 1.53. The lowest BCUT2D eigenvalue weighted by molar-refractivity contribution is -0.139. The number of aromatic nitrogens is 1. The highest BCUT2D eigenvalue weighted by atomic mass is 16.5. The number of fused-ring (bicyclic) bond motifs is 1. The summed E-state index contributed by atoms with van der Waals surface area (Å²) in [6.07, 6.45) is -0.976. The number of rotatable bonds is 9. The molecule has 1 aliphatic rings. The van der Waals surface area contributed by atoms with E-state index in [2.05, 4.69) is 10.3 Å². The van der Waals surface area contributed by atoms with Crippen LogP contribution < -0.4 is 14.8 Å². The standard InChI is InChI=1S/C25H25N3O8/c1-14(29)28-13-16(35-15-7-4-3-5-8-15)11-19(28)24(33)26-18(12-21(30)31)22(32)25-27-17-9-6-10-20(34-2)23(17)36-25/h3-10,16,18-19H,11-13H2,1-2H3,(H,26,33)(H,30,31)/t16?,18-,19-/m0/s1. The maximum atomic E-state index is 13.2. The van der Waals surface area contributed by atoms with Crippen molar-refractivity contribution < 1.29 is 38.2 Å². The van der Waals surface area contributed by atoms with E-state index in [0.29, 0.717) is 17.0 Å². The zero-order valence-electron chi connectivity index (χ0n) is 19.7. The fourth-order valence-corrected chi connectivity index (χ4v) is 4.16. The SMILES string of the molecule is COc1cccc2nc(C(=O)[C@H](CC(=O)O)NC(=O)[C@@H]3CC(Oc4ccccc4)CN3C(C)=O)oc12. The molecule has 1 aromatic heterocycles. The number of carboxylic acids is 1. The van der Waals surface area contributed by atoms with Gasteiger partial charge in [-0.3, -0.25) is 19.2 Å². The van der Waals surface area contributed by atoms with Crippen molar-refractivity contribution in [3.05, 3.63) is 54.4 Å². The summed E-state index contributed by atoms with van der Waals surface area (Å²) in [7, 11) is 1.43. The predicted octanol–water partition coefficient (Wildman–Crippen LogP) is 2.05. The minimum Gasteiger partial charge on any atom is -0.493 e. The summed E-state index contributed by atoms with van der Waals surface area (Å²) in [5.41, 5.74) is 0.570. The number of methoxy groups -OCH3 is 1. The third-order valence-corrected chi connectivity index (χ3v) is 5.84. The van der Waals surface area contributed by atoms with Crippen LogP contribution >= 0.6 is 0 Å². The second-order valence-electron chi connectivity index (χ2n) is 8.33. The topological polar surface area (TPSA) is 148 Å². The average Bonchev–Trinajstić information content (AvgIpc) is 3.48. The summed E-state index contributed by atoms with van der Waals surface area (Å²) in [5, 5.41) is 11.8. The lowest BCUT2D eigenvalue weighted by Gasteiger charge is -2.24. The molecule has 3 atom stereocenters. The Labute approximate surface area is 206 Å². The summed E-state index contributed by atoms with van der Waals surface area (Å²) in [6.45, 7) is 1.50. The summed E-state index contributed by atoms with van der Waals surface area (Å²) in [4.78, 5) is 55.5. The maximum absolute atomic E-state index is 13.2. The highest BCUT2D eigenvalue weighted by Crippen LogP contribution is 2.27. The van der Waals surface area contributed by atoms with Crippen LogP contribution in [0.3, 0.4) is 0 Å². The van der Waals surface area contributed by atoms with Crippen molar-refractivity contribution in [2.45, 2.75) is 38.0 Å². The number of likely N-dealkylation sites (tertiary alicyclic amines) is 1. The van der Waals surface area contributed by atoms with Crippen molar-refractivity contribution in [3.8, 4) is 11.5 Å². The van der Waals surface area contributed by atoms with Crippen LogP contribution in [0.1, 0.15) is 30.5 Å². The molecule has 2 aromatic carbocycles. The Morgan fingerprint density at radius 2 is 1.92 bits per heavy atom. The number of ketones is 1. The molecule has 2 N–H and O–H groups in total. The number of nitrogens with zero attached hydrogens (tertiary/aromatic N) is 2. The third-order valence-electron chi connectivity index (χ3n) is 5.84. The van der Waals surface area contributed by atoms with E-state index >= 15 is 0 Å². The largest absolute Gasteiger partial charge is 0.493 e. The van der Waals surface area contributed by atoms with Gasteiger partial charge in [0.15, 0.2) is 11.3 Å². The Morgan fingerprint density at radius 1 is 1.17 bits per heavy atom. The Morgan fingerprint density at radius 3 is 2.58 bits per heavy atom. The number of oxazole rings is 1. The lowest BCUT2D eigenvalue weighted by Crippen LogP contribution is -2.51. The molecular formula is C25H25N3O8. The van der Waals surface area contributed by atoms with E-state index in [4.69, 9.17) is 13.9 Å². The zero-order chi connectivity index (χ0) is 25.8. The molecule has 11 heteroatoms. The van der Waals surface area contributed by atoms with Gasteiger partial charge in [-0.05, 0) is 24.3 Å². The normalized spacial score (nSPS) is 18.0. The number of hydrogen-bond acceptors (Lipinski definition) is 8. The fraction of sp³-hybridized carbons (Fsp3) is 0.320. The zero-order valence-corrected chi connectivity index (χ0v) is 19.7. The molecule has 0 radical (unpaired) electrons. The van der Waals surface area contributed by atoms with Crippen LogP contribution in [0.25, 0.3) is 11.1 Å². The number of benzene rings is 2. The quantitative estimate of drug-likeness (QED) is 0.425. The van der Waals surface area contributed by atoms with E-state index < -0.39 is 42.3 Å². The molecule has 0 bridgehead atoms. The first-order valence-electron chi connectivity index (χ1n) is 11.3. The molecule has 1 fully saturated rings. The number of hydrogen-bond donors (Lipinski definition) is 2. The highest BCUT2D eigenvalue weighted by Gasteiger charge is 2.41. The molecule has 1 aliphatic heterocycles. The summed E-state index contributed by atoms with van der Waals surface area (Å²) >= 11 is 0. The smallest absolute Gasteiger partial charge is 0.305 e. The summed E-state index contributed by atoms with van der Waals surface area (Å²) in [5.74, 6) is -2.54. The molecule has 11 nitrogen and oxygen atoms in total. The van der Waals surface area contributed by atoms with Crippen LogP contribution in [0, 0.1) is 0 Å². The Kier molecular flexibility index (Phi) is 7.18. The van der Waals surface area contributed by atoms with Gasteiger partial charge in [0.05, 0.1) is 20.1 Å². The van der Waals surface area contributed by atoms with Gasteiger partial charge >= 0.3 is 5.97 Å². The second kappa shape index (κ2) is 10.5. The molecule has 0 spiro atoms. The number of ether oxygens (including phenoxy) is 2. The first-order chi connectivity index (χ1) is 17.3. The first kappa shape index (κ1) is 24.7. The number of carbonyl (C=O) groups excluding carboxylic acids is 3. The predicted molar refractivity (Wildman–Crippen MR) is 126 cm³/mol. The number of para-hydroxylation sites is 2. The van der Waals surface area contributed by atoms with Crippen LogP contribution in [0.15, 0.2) is 52.9 Å². The number of amides is 2. The van der Waals surface area contributed by atoms with Crippen LogP contribution in [-0.4, -0.2) is 70.4 Å². The van der Waals surface area contributed by atoms with Gasteiger partial charge in [0.25, 0.3) is 5.89 Å². The van der Waals surface area contributed by atoms with Crippen LogP contribution in [0.2, 0.25) is 0 Å². The highest BCUT2D eigenvalue weighted by molar-refractivity contribution is 6.02. The lowest BCUT2D eigenvalue weighted by atomic mass is 10.1. The van der Waals surface area contributed by atoms with Crippen molar-refractivity contribution in [2.24, 2.45) is 0 Å². The first-order valence-corrected chi connectivity index (χ1v) is 11.3. The minimum atomic E-state index is -1.46. The van der Waals surface area contributed by atoms with Crippen LogP contribution in [0.5, 0.6) is 11.5 Å². The summed E-state index contributed by atoms with van der Waals surface area (Å²) < 4.78 is 16.7. The molecule has 188 valence electrons. The van der Waals surface area contributed by atoms with Crippen LogP contribution in [-0.2, 0) is 14.4 Å². The Bertz CT molecular complexity index is 1290. The van der Waals surface area contributed by atoms with Crippen molar-refractivity contribution in [3.63, 3.8) is 0 Å². The van der Waals surface area contributed by atoms with E-state index in [1.165, 1.54) is 18.9 Å². The molecule has 4 rings (SSSR count). The molecule has 1 unspecified atom stereocenters. The van der Waals surface area contributed by atoms with E-state index in [0.717, 1.165) is 0 Å². The van der Waals surface area contributed by atoms with Gasteiger partial charge in [0, 0.05) is 13.3 Å². The average molecular weight is 495 g/mol. The molecule has 3 aromatic rings. The number of nitrogens with one attached hydrogen (secondary N) is 1. The number of Topliss-reactive ketones (excluding diaryl/α,β-unsaturated/α-hetero) is 1. The molecule has 0 saturated carbocycles. The molecule has 2 heterocycles. The van der Waals surface area contributed by atoms with Gasteiger partial charge < -0.3 is 29.2 Å². The third kappa shape index (κ3) is 5.29. The van der Waals surface area contributed by atoms with Gasteiger partial charge in [-0.2, -0.15) is 0 Å². The fourth-order valence-electron chi connectivity index (χ4n) is 4.16. The van der Waals surface area contributed by atoms with Gasteiger partial charge in [0.2, 0.25) is 17.6 Å². The molecular weight excluding hydrogens is 470 g/mol. The van der Waals surface area contributed by atoms with Gasteiger partial charge in [-0.1, -0.05) is 24.3 Å². The van der Waals surface area contributed by atoms with Gasteiger partial charge in [-0.25, -0.2) is 4.98 Å². The van der Waals surface area contributed by atoms with E-state index in [9.17, 15) is 24.3 Å². The van der Waals surface area contributed by atoms with Crippen molar-refractivity contribution in [1.29, 1.82) is 0 Å². The minimum absolute atomic E-state index is 0.171. The van der Waals surface area contributed by atoms with Gasteiger partial charge in [-0.15, -0.1) is 0 Å². The Hall–Kier alpha value is -4.41. The van der Waals surface area contributed by atoms with Gasteiger partial charge in [0.1, 0.15) is 29.5 Å². The van der Waals surface area contributed by atoms with E-state index in [1.807, 2.05) is 6.07 Å². The molecule has 2 amide bonds. The molecule has 1 saturated heterocycles. The molecule has 0 aliphatic carbocycles. The maximum Gasteiger partial charge on any atom is 0.305 e. The van der Waals surface area contributed by atoms with Crippen molar-refractivity contribution in [1.82, 2.24) is 15.2 Å². The van der Waals surface area contributed by atoms with Crippen molar-refractivity contribution in [2.75, 3.05) is 13.7 Å². The summed E-state index contributed by atoms with van der Waals surface area (Å²) in [6, 6.07) is 11.5.